The quantitative estimate of drug-likeness (QED) is 0.363. The van der Waals surface area contributed by atoms with E-state index in [9.17, 15) is 9.59 Å². The minimum atomic E-state index is -0.394. The van der Waals surface area contributed by atoms with Gasteiger partial charge in [-0.05, 0) is 6.42 Å². The van der Waals surface area contributed by atoms with Gasteiger partial charge in [0.05, 0.1) is 0 Å². The van der Waals surface area contributed by atoms with Crippen molar-refractivity contribution in [2.45, 2.75) is 13.3 Å². The third kappa shape index (κ3) is 4.89. The molecule has 5 heteroatoms. The average molecular weight is 145 g/mol. The van der Waals surface area contributed by atoms with Crippen LogP contribution in [0.15, 0.2) is 0 Å². The molecular weight excluding hydrogens is 134 g/mol. The van der Waals surface area contributed by atoms with Crippen LogP contribution in [0, 0.1) is 0 Å². The lowest BCUT2D eigenvalue weighted by Crippen LogP contribution is -2.43. The van der Waals surface area contributed by atoms with Crippen LogP contribution in [0.25, 0.3) is 0 Å². The van der Waals surface area contributed by atoms with Gasteiger partial charge in [0, 0.05) is 6.54 Å². The van der Waals surface area contributed by atoms with E-state index in [1.165, 1.54) is 0 Å². The van der Waals surface area contributed by atoms with E-state index in [1.807, 2.05) is 12.3 Å². The van der Waals surface area contributed by atoms with E-state index in [2.05, 4.69) is 10.7 Å². The maximum Gasteiger partial charge on any atom is 0.333 e. The van der Waals surface area contributed by atoms with Crippen molar-refractivity contribution in [3.63, 3.8) is 0 Å². The van der Waals surface area contributed by atoms with Gasteiger partial charge in [-0.3, -0.25) is 10.2 Å². The first-order valence-corrected chi connectivity index (χ1v) is 3.04. The Hall–Kier alpha value is -1.26. The molecule has 5 nitrogen and oxygen atoms in total. The Bertz CT molecular complexity index is 115. The number of carbonyl (C=O) groups is 2. The predicted octanol–water partition coefficient (Wildman–Crippen LogP) is -0.643. The van der Waals surface area contributed by atoms with E-state index >= 15 is 0 Å². The van der Waals surface area contributed by atoms with Gasteiger partial charge in [-0.2, -0.15) is 0 Å². The van der Waals surface area contributed by atoms with Crippen molar-refractivity contribution in [1.82, 2.24) is 16.2 Å². The van der Waals surface area contributed by atoms with E-state index in [0.717, 1.165) is 6.42 Å². The van der Waals surface area contributed by atoms with Gasteiger partial charge in [-0.1, -0.05) is 6.92 Å². The van der Waals surface area contributed by atoms with E-state index in [-0.39, 0.29) is 0 Å². The van der Waals surface area contributed by atoms with Gasteiger partial charge in [0.15, 0.2) is 0 Å². The molecule has 0 aliphatic heterocycles. The summed E-state index contributed by atoms with van der Waals surface area (Å²) in [4.78, 5) is 20.1. The van der Waals surface area contributed by atoms with E-state index < -0.39 is 6.03 Å². The van der Waals surface area contributed by atoms with E-state index in [4.69, 9.17) is 0 Å². The number of hydrogen-bond donors (Lipinski definition) is 3. The molecule has 0 unspecified atom stereocenters. The van der Waals surface area contributed by atoms with E-state index in [1.54, 1.807) is 0 Å². The average Bonchev–Trinajstić information content (AvgIpc) is 1.97. The van der Waals surface area contributed by atoms with Gasteiger partial charge < -0.3 is 5.32 Å². The number of nitrogens with one attached hydrogen (secondary N) is 3. The van der Waals surface area contributed by atoms with E-state index in [0.29, 0.717) is 13.0 Å². The molecule has 0 heterocycles. The van der Waals surface area contributed by atoms with Crippen LogP contribution in [0.5, 0.6) is 0 Å². The molecule has 58 valence electrons. The third-order valence-corrected chi connectivity index (χ3v) is 0.780. The monoisotopic (exact) mass is 145 g/mol. The molecule has 0 rings (SSSR count). The van der Waals surface area contributed by atoms with Gasteiger partial charge in [-0.15, -0.1) is 0 Å². The maximum absolute atomic E-state index is 10.5. The van der Waals surface area contributed by atoms with Gasteiger partial charge in [0.2, 0.25) is 6.41 Å². The van der Waals surface area contributed by atoms with Crippen LogP contribution < -0.4 is 16.2 Å². The van der Waals surface area contributed by atoms with Crippen LogP contribution in [0.1, 0.15) is 13.3 Å². The summed E-state index contributed by atoms with van der Waals surface area (Å²) in [5, 5.41) is 2.50. The summed E-state index contributed by atoms with van der Waals surface area (Å²) in [5.41, 5.74) is 4.11. The van der Waals surface area contributed by atoms with Crippen LogP contribution in [0.2, 0.25) is 0 Å². The molecule has 0 atom stereocenters. The molecule has 3 amide bonds. The minimum absolute atomic E-state index is 0.394. The molecule has 0 saturated carbocycles. The topological polar surface area (TPSA) is 70.2 Å². The highest BCUT2D eigenvalue weighted by molar-refractivity contribution is 5.74. The summed E-state index contributed by atoms with van der Waals surface area (Å²) in [6.45, 7) is 2.54. The van der Waals surface area contributed by atoms with Crippen LogP contribution in [0.3, 0.4) is 0 Å². The first-order chi connectivity index (χ1) is 4.81. The Balaban J connectivity index is 3.16. The number of carbonyl (C=O) groups excluding carboxylic acids is 2. The van der Waals surface area contributed by atoms with Crippen LogP contribution >= 0.6 is 0 Å². The second-order valence-corrected chi connectivity index (χ2v) is 1.64. The zero-order valence-corrected chi connectivity index (χ0v) is 5.81. The number of hydrogen-bond acceptors (Lipinski definition) is 2. The van der Waals surface area contributed by atoms with Crippen LogP contribution in [-0.2, 0) is 4.79 Å². The number of hydrazine groups is 1. The number of amides is 3. The number of rotatable bonds is 4. The Morgan fingerprint density at radius 2 is 2.30 bits per heavy atom. The third-order valence-electron chi connectivity index (χ3n) is 0.780. The van der Waals surface area contributed by atoms with Crippen molar-refractivity contribution < 1.29 is 9.59 Å². The first kappa shape index (κ1) is 8.74. The number of urea groups is 1. The zero-order valence-electron chi connectivity index (χ0n) is 5.81. The highest BCUT2D eigenvalue weighted by Gasteiger charge is 1.93. The van der Waals surface area contributed by atoms with Gasteiger partial charge in [0.25, 0.3) is 0 Å². The summed E-state index contributed by atoms with van der Waals surface area (Å²) in [6.07, 6.45) is 1.26. The van der Waals surface area contributed by atoms with Crippen LogP contribution in [0.4, 0.5) is 4.79 Å². The fraction of sp³-hybridized carbons (Fsp3) is 0.600. The van der Waals surface area contributed by atoms with Gasteiger partial charge >= 0.3 is 6.03 Å². The van der Waals surface area contributed by atoms with Crippen molar-refractivity contribution in [1.29, 1.82) is 0 Å². The second kappa shape index (κ2) is 5.87. The predicted molar refractivity (Wildman–Crippen MR) is 36.0 cm³/mol. The molecule has 0 aliphatic rings. The molecule has 0 aromatic carbocycles. The normalized spacial score (nSPS) is 8.10. The lowest BCUT2D eigenvalue weighted by Gasteiger charge is -2.02. The summed E-state index contributed by atoms with van der Waals surface area (Å²) in [7, 11) is 0. The fourth-order valence-electron chi connectivity index (χ4n) is 0.378. The molecule has 3 N–H and O–H groups in total. The Labute approximate surface area is 59.1 Å². The van der Waals surface area contributed by atoms with Crippen molar-refractivity contribution in [2.24, 2.45) is 0 Å². The molecule has 0 aromatic rings. The Morgan fingerprint density at radius 1 is 1.60 bits per heavy atom. The van der Waals surface area contributed by atoms with Crippen molar-refractivity contribution >= 4 is 12.4 Å². The molecular formula is C5H11N3O2. The Morgan fingerprint density at radius 3 is 2.80 bits per heavy atom. The fourth-order valence-corrected chi connectivity index (χ4v) is 0.378. The standard InChI is InChI=1S/C5H11N3O2/c1-2-3-6-5(10)8-7-4-9/h4H,2-3H2,1H3,(H,7,9)(H2,6,8,10). The van der Waals surface area contributed by atoms with Crippen LogP contribution in [-0.4, -0.2) is 19.0 Å². The van der Waals surface area contributed by atoms with Crippen molar-refractivity contribution in [2.75, 3.05) is 6.54 Å². The zero-order chi connectivity index (χ0) is 7.82. The summed E-state index contributed by atoms with van der Waals surface area (Å²) < 4.78 is 0. The summed E-state index contributed by atoms with van der Waals surface area (Å²) in [5.74, 6) is 0. The van der Waals surface area contributed by atoms with Crippen molar-refractivity contribution in [3.05, 3.63) is 0 Å². The summed E-state index contributed by atoms with van der Waals surface area (Å²) in [6, 6.07) is -0.394. The molecule has 0 bridgehead atoms. The molecule has 0 radical (unpaired) electrons. The maximum atomic E-state index is 10.5. The van der Waals surface area contributed by atoms with Gasteiger partial charge in [-0.25, -0.2) is 10.2 Å². The molecule has 0 aliphatic carbocycles. The summed E-state index contributed by atoms with van der Waals surface area (Å²) >= 11 is 0. The smallest absolute Gasteiger partial charge is 0.333 e. The molecule has 0 fully saturated rings. The molecule has 0 aromatic heterocycles. The highest BCUT2D eigenvalue weighted by atomic mass is 16.2. The first-order valence-electron chi connectivity index (χ1n) is 3.04. The molecule has 0 saturated heterocycles. The molecule has 0 spiro atoms. The Kier molecular flexibility index (Phi) is 5.13. The second-order valence-electron chi connectivity index (χ2n) is 1.64. The molecule has 10 heavy (non-hydrogen) atoms. The lowest BCUT2D eigenvalue weighted by atomic mass is 10.5. The largest absolute Gasteiger partial charge is 0.337 e. The SMILES string of the molecule is CCCNC(=O)NNC=O. The highest BCUT2D eigenvalue weighted by Crippen LogP contribution is 1.68. The van der Waals surface area contributed by atoms with Gasteiger partial charge in [0.1, 0.15) is 0 Å². The van der Waals surface area contributed by atoms with Crippen molar-refractivity contribution in [3.8, 4) is 0 Å². The minimum Gasteiger partial charge on any atom is -0.337 e. The lowest BCUT2D eigenvalue weighted by molar-refractivity contribution is -0.110.